The SMILES string of the molecule is CC(C)(C)OC(=O)N1CCCC1C(=O)C1CCCC1. The van der Waals surface area contributed by atoms with Crippen molar-refractivity contribution in [1.82, 2.24) is 4.90 Å². The molecule has 1 heterocycles. The Labute approximate surface area is 115 Å². The largest absolute Gasteiger partial charge is 0.444 e. The number of Topliss-reactive ketones (excluding diaryl/α,β-unsaturated/α-hetero) is 1. The number of ketones is 1. The Morgan fingerprint density at radius 1 is 1.05 bits per heavy atom. The highest BCUT2D eigenvalue weighted by molar-refractivity contribution is 5.90. The molecule has 4 nitrogen and oxygen atoms in total. The molecule has 0 aromatic rings. The maximum Gasteiger partial charge on any atom is 0.410 e. The number of ether oxygens (including phenoxy) is 1. The van der Waals surface area contributed by atoms with Gasteiger partial charge in [0.1, 0.15) is 5.60 Å². The van der Waals surface area contributed by atoms with Gasteiger partial charge in [-0.15, -0.1) is 0 Å². The van der Waals surface area contributed by atoms with Crippen LogP contribution in [0.1, 0.15) is 59.3 Å². The highest BCUT2D eigenvalue weighted by atomic mass is 16.6. The summed E-state index contributed by atoms with van der Waals surface area (Å²) in [7, 11) is 0. The van der Waals surface area contributed by atoms with Gasteiger partial charge in [-0.25, -0.2) is 4.79 Å². The maximum absolute atomic E-state index is 12.5. The van der Waals surface area contributed by atoms with Gasteiger partial charge >= 0.3 is 6.09 Å². The molecule has 0 N–H and O–H groups in total. The number of likely N-dealkylation sites (tertiary alicyclic amines) is 1. The fourth-order valence-corrected chi connectivity index (χ4v) is 3.08. The number of rotatable bonds is 2. The highest BCUT2D eigenvalue weighted by Gasteiger charge is 2.39. The quantitative estimate of drug-likeness (QED) is 0.772. The Hall–Kier alpha value is -1.06. The Kier molecular flexibility index (Phi) is 4.16. The molecule has 108 valence electrons. The molecule has 2 rings (SSSR count). The second-order valence-electron chi connectivity index (χ2n) is 6.72. The van der Waals surface area contributed by atoms with E-state index in [1.165, 1.54) is 0 Å². The first kappa shape index (κ1) is 14.4. The van der Waals surface area contributed by atoms with Crippen molar-refractivity contribution in [3.8, 4) is 0 Å². The summed E-state index contributed by atoms with van der Waals surface area (Å²) in [4.78, 5) is 26.3. The van der Waals surface area contributed by atoms with Crippen LogP contribution in [0.25, 0.3) is 0 Å². The lowest BCUT2D eigenvalue weighted by molar-refractivity contribution is -0.127. The fourth-order valence-electron chi connectivity index (χ4n) is 3.08. The minimum atomic E-state index is -0.499. The van der Waals surface area contributed by atoms with E-state index in [0.29, 0.717) is 6.54 Å². The van der Waals surface area contributed by atoms with E-state index in [2.05, 4.69) is 0 Å². The zero-order chi connectivity index (χ0) is 14.0. The van der Waals surface area contributed by atoms with Crippen LogP contribution in [0.2, 0.25) is 0 Å². The summed E-state index contributed by atoms with van der Waals surface area (Å²) in [5.74, 6) is 0.439. The molecule has 1 saturated carbocycles. The van der Waals surface area contributed by atoms with Gasteiger partial charge < -0.3 is 4.74 Å². The smallest absolute Gasteiger partial charge is 0.410 e. The maximum atomic E-state index is 12.5. The minimum Gasteiger partial charge on any atom is -0.444 e. The molecule has 1 unspecified atom stereocenters. The molecule has 1 amide bonds. The van der Waals surface area contributed by atoms with Crippen LogP contribution < -0.4 is 0 Å². The topological polar surface area (TPSA) is 46.6 Å². The zero-order valence-electron chi connectivity index (χ0n) is 12.3. The van der Waals surface area contributed by atoms with Crippen LogP contribution in [-0.2, 0) is 9.53 Å². The molecular weight excluding hydrogens is 242 g/mol. The van der Waals surface area contributed by atoms with Crippen LogP contribution in [0.4, 0.5) is 4.79 Å². The predicted octanol–water partition coefficient (Wildman–Crippen LogP) is 3.15. The number of hydrogen-bond donors (Lipinski definition) is 0. The van der Waals surface area contributed by atoms with Gasteiger partial charge in [0, 0.05) is 12.5 Å². The van der Waals surface area contributed by atoms with Crippen molar-refractivity contribution in [2.24, 2.45) is 5.92 Å². The lowest BCUT2D eigenvalue weighted by Crippen LogP contribution is -2.44. The van der Waals surface area contributed by atoms with Crippen molar-refractivity contribution in [2.45, 2.75) is 70.9 Å². The first-order valence-corrected chi connectivity index (χ1v) is 7.42. The Morgan fingerprint density at radius 3 is 2.26 bits per heavy atom. The van der Waals surface area contributed by atoms with Gasteiger partial charge in [-0.3, -0.25) is 9.69 Å². The summed E-state index contributed by atoms with van der Waals surface area (Å²) < 4.78 is 5.40. The predicted molar refractivity (Wildman–Crippen MR) is 72.9 cm³/mol. The molecule has 0 aromatic heterocycles. The second kappa shape index (κ2) is 5.51. The van der Waals surface area contributed by atoms with Gasteiger partial charge in [0.15, 0.2) is 5.78 Å². The summed E-state index contributed by atoms with van der Waals surface area (Å²) in [5, 5.41) is 0. The van der Waals surface area contributed by atoms with E-state index in [-0.39, 0.29) is 23.8 Å². The normalized spacial score (nSPS) is 24.8. The molecular formula is C15H25NO3. The summed E-state index contributed by atoms with van der Waals surface area (Å²) in [6.07, 6.45) is 5.66. The zero-order valence-corrected chi connectivity index (χ0v) is 12.3. The van der Waals surface area contributed by atoms with Gasteiger partial charge in [-0.1, -0.05) is 12.8 Å². The third-order valence-corrected chi connectivity index (χ3v) is 3.97. The molecule has 1 saturated heterocycles. The Bertz CT molecular complexity index is 353. The van der Waals surface area contributed by atoms with Crippen LogP contribution in [0, 0.1) is 5.92 Å². The molecule has 19 heavy (non-hydrogen) atoms. The molecule has 1 aliphatic heterocycles. The third kappa shape index (κ3) is 3.48. The van der Waals surface area contributed by atoms with Crippen LogP contribution in [0.3, 0.4) is 0 Å². The van der Waals surface area contributed by atoms with Crippen molar-refractivity contribution < 1.29 is 14.3 Å². The lowest BCUT2D eigenvalue weighted by Gasteiger charge is -2.29. The minimum absolute atomic E-state index is 0.174. The highest BCUT2D eigenvalue weighted by Crippen LogP contribution is 2.31. The van der Waals surface area contributed by atoms with E-state index < -0.39 is 5.60 Å². The number of hydrogen-bond acceptors (Lipinski definition) is 3. The van der Waals surface area contributed by atoms with Crippen LogP contribution >= 0.6 is 0 Å². The molecule has 2 aliphatic rings. The van der Waals surface area contributed by atoms with Crippen molar-refractivity contribution in [2.75, 3.05) is 6.54 Å². The van der Waals surface area contributed by atoms with Gasteiger partial charge in [0.25, 0.3) is 0 Å². The molecule has 0 aromatic carbocycles. The van der Waals surface area contributed by atoms with Gasteiger partial charge in [0.05, 0.1) is 6.04 Å². The lowest BCUT2D eigenvalue weighted by atomic mass is 9.95. The molecule has 2 fully saturated rings. The van der Waals surface area contributed by atoms with E-state index in [0.717, 1.165) is 38.5 Å². The average molecular weight is 267 g/mol. The van der Waals surface area contributed by atoms with E-state index in [1.54, 1.807) is 4.90 Å². The van der Waals surface area contributed by atoms with Crippen molar-refractivity contribution in [3.63, 3.8) is 0 Å². The second-order valence-corrected chi connectivity index (χ2v) is 6.72. The van der Waals surface area contributed by atoms with Crippen LogP contribution in [-0.4, -0.2) is 35.0 Å². The Balaban J connectivity index is 2.00. The summed E-state index contributed by atoms with van der Waals surface area (Å²) in [6.45, 7) is 6.22. The van der Waals surface area contributed by atoms with Crippen LogP contribution in [0.5, 0.6) is 0 Å². The van der Waals surface area contributed by atoms with Crippen LogP contribution in [0.15, 0.2) is 0 Å². The molecule has 0 radical (unpaired) electrons. The first-order valence-electron chi connectivity index (χ1n) is 7.42. The van der Waals surface area contributed by atoms with Crippen molar-refractivity contribution >= 4 is 11.9 Å². The van der Waals surface area contributed by atoms with E-state index in [1.807, 2.05) is 20.8 Å². The summed E-state index contributed by atoms with van der Waals surface area (Å²) in [6, 6.07) is -0.238. The summed E-state index contributed by atoms with van der Waals surface area (Å²) >= 11 is 0. The monoisotopic (exact) mass is 267 g/mol. The molecule has 1 aliphatic carbocycles. The number of amides is 1. The number of carbonyl (C=O) groups excluding carboxylic acids is 2. The molecule has 0 spiro atoms. The average Bonchev–Trinajstić information content (AvgIpc) is 2.97. The number of carbonyl (C=O) groups is 2. The first-order chi connectivity index (χ1) is 8.88. The van der Waals surface area contributed by atoms with Crippen molar-refractivity contribution in [3.05, 3.63) is 0 Å². The van der Waals surface area contributed by atoms with Gasteiger partial charge in [0.2, 0.25) is 0 Å². The van der Waals surface area contributed by atoms with Gasteiger partial charge in [-0.05, 0) is 46.5 Å². The number of nitrogens with zero attached hydrogens (tertiary/aromatic N) is 1. The molecule has 4 heteroatoms. The van der Waals surface area contributed by atoms with Crippen molar-refractivity contribution in [1.29, 1.82) is 0 Å². The van der Waals surface area contributed by atoms with Gasteiger partial charge in [-0.2, -0.15) is 0 Å². The third-order valence-electron chi connectivity index (χ3n) is 3.97. The van der Waals surface area contributed by atoms with E-state index >= 15 is 0 Å². The fraction of sp³-hybridized carbons (Fsp3) is 0.867. The van der Waals surface area contributed by atoms with E-state index in [9.17, 15) is 9.59 Å². The molecule has 0 bridgehead atoms. The Morgan fingerprint density at radius 2 is 1.68 bits per heavy atom. The summed E-state index contributed by atoms with van der Waals surface area (Å²) in [5.41, 5.74) is -0.499. The standard InChI is InChI=1S/C15H25NO3/c1-15(2,3)19-14(18)16-10-6-9-12(16)13(17)11-7-4-5-8-11/h11-12H,4-10H2,1-3H3. The molecule has 1 atom stereocenters. The van der Waals surface area contributed by atoms with E-state index in [4.69, 9.17) is 4.74 Å².